The van der Waals surface area contributed by atoms with Gasteiger partial charge in [0.25, 0.3) is 0 Å². The molecule has 6 heteroatoms. The number of piperidine rings is 2. The molecule has 0 aromatic heterocycles. The SMILES string of the molecule is CN=C(NCCCOCC1CC1)NCC1(N2CCCCC2)CCN(C)CC1. The van der Waals surface area contributed by atoms with E-state index in [2.05, 4.69) is 32.5 Å². The number of aliphatic imine (C=N–C) groups is 1. The summed E-state index contributed by atoms with van der Waals surface area (Å²) >= 11 is 0. The van der Waals surface area contributed by atoms with Crippen molar-refractivity contribution >= 4 is 5.96 Å². The Morgan fingerprint density at radius 1 is 1.07 bits per heavy atom. The van der Waals surface area contributed by atoms with Gasteiger partial charge in [0.05, 0.1) is 0 Å². The molecule has 3 rings (SSSR count). The van der Waals surface area contributed by atoms with Crippen LogP contribution in [0, 0.1) is 5.92 Å². The molecule has 6 nitrogen and oxygen atoms in total. The lowest BCUT2D eigenvalue weighted by molar-refractivity contribution is 0.0173. The maximum atomic E-state index is 5.72. The van der Waals surface area contributed by atoms with Crippen LogP contribution in [0.2, 0.25) is 0 Å². The first kappa shape index (κ1) is 20.9. The van der Waals surface area contributed by atoms with E-state index in [9.17, 15) is 0 Å². The maximum Gasteiger partial charge on any atom is 0.191 e. The standard InChI is InChI=1S/C21H41N5O/c1-22-20(23-11-6-16-27-17-19-7-8-19)24-18-21(9-14-25(2)15-10-21)26-12-4-3-5-13-26/h19H,3-18H2,1-2H3,(H2,22,23,24). The van der Waals surface area contributed by atoms with E-state index in [0.29, 0.717) is 0 Å². The highest BCUT2D eigenvalue weighted by Gasteiger charge is 2.39. The number of hydrogen-bond acceptors (Lipinski definition) is 4. The van der Waals surface area contributed by atoms with Crippen LogP contribution in [0.4, 0.5) is 0 Å². The minimum absolute atomic E-state index is 0.290. The second-order valence-electron chi connectivity index (χ2n) is 8.80. The van der Waals surface area contributed by atoms with E-state index in [-0.39, 0.29) is 5.54 Å². The predicted molar refractivity (Wildman–Crippen MR) is 112 cm³/mol. The zero-order chi connectivity index (χ0) is 19.0. The Balaban J connectivity index is 1.41. The van der Waals surface area contributed by atoms with Crippen molar-refractivity contribution in [3.05, 3.63) is 0 Å². The van der Waals surface area contributed by atoms with Gasteiger partial charge in [-0.3, -0.25) is 9.89 Å². The van der Waals surface area contributed by atoms with Crippen molar-refractivity contribution in [3.63, 3.8) is 0 Å². The molecule has 0 amide bonds. The van der Waals surface area contributed by atoms with Gasteiger partial charge in [0.1, 0.15) is 0 Å². The molecule has 156 valence electrons. The topological polar surface area (TPSA) is 52.1 Å². The minimum atomic E-state index is 0.290. The molecule has 1 aliphatic carbocycles. The third kappa shape index (κ3) is 6.61. The second kappa shape index (κ2) is 10.6. The molecule has 0 atom stereocenters. The molecule has 0 aromatic carbocycles. The Labute approximate surface area is 166 Å². The molecule has 3 fully saturated rings. The molecule has 27 heavy (non-hydrogen) atoms. The fourth-order valence-corrected chi connectivity index (χ4v) is 4.39. The Bertz CT molecular complexity index is 451. The lowest BCUT2D eigenvalue weighted by atomic mass is 9.84. The Morgan fingerprint density at radius 2 is 1.81 bits per heavy atom. The van der Waals surface area contributed by atoms with E-state index in [0.717, 1.165) is 44.6 Å². The van der Waals surface area contributed by atoms with Gasteiger partial charge in [0.2, 0.25) is 0 Å². The van der Waals surface area contributed by atoms with E-state index < -0.39 is 0 Å². The normalized spacial score (nSPS) is 24.7. The van der Waals surface area contributed by atoms with Crippen LogP contribution in [0.25, 0.3) is 0 Å². The second-order valence-corrected chi connectivity index (χ2v) is 8.80. The predicted octanol–water partition coefficient (Wildman–Crippen LogP) is 1.92. The van der Waals surface area contributed by atoms with Crippen LogP contribution in [-0.2, 0) is 4.74 Å². The number of likely N-dealkylation sites (tertiary alicyclic amines) is 2. The maximum absolute atomic E-state index is 5.72. The van der Waals surface area contributed by atoms with E-state index in [1.54, 1.807) is 0 Å². The lowest BCUT2D eigenvalue weighted by Crippen LogP contribution is -2.62. The third-order valence-corrected chi connectivity index (χ3v) is 6.56. The summed E-state index contributed by atoms with van der Waals surface area (Å²) < 4.78 is 5.72. The molecule has 2 heterocycles. The summed E-state index contributed by atoms with van der Waals surface area (Å²) in [5, 5.41) is 7.12. The summed E-state index contributed by atoms with van der Waals surface area (Å²) in [5.74, 6) is 1.79. The quantitative estimate of drug-likeness (QED) is 0.364. The fourth-order valence-electron chi connectivity index (χ4n) is 4.39. The van der Waals surface area contributed by atoms with Crippen molar-refractivity contribution in [1.29, 1.82) is 0 Å². The largest absolute Gasteiger partial charge is 0.381 e. The molecular formula is C21H41N5O. The summed E-state index contributed by atoms with van der Waals surface area (Å²) in [6, 6.07) is 0. The van der Waals surface area contributed by atoms with Crippen molar-refractivity contribution in [3.8, 4) is 0 Å². The number of nitrogens with zero attached hydrogens (tertiary/aromatic N) is 3. The third-order valence-electron chi connectivity index (χ3n) is 6.56. The van der Waals surface area contributed by atoms with Crippen molar-refractivity contribution in [2.24, 2.45) is 10.9 Å². The van der Waals surface area contributed by atoms with Gasteiger partial charge >= 0.3 is 0 Å². The first-order valence-electron chi connectivity index (χ1n) is 11.2. The Morgan fingerprint density at radius 3 is 2.48 bits per heavy atom. The van der Waals surface area contributed by atoms with E-state index in [4.69, 9.17) is 4.74 Å². The summed E-state index contributed by atoms with van der Waals surface area (Å²) in [6.45, 7) is 8.64. The molecule has 0 aromatic rings. The van der Waals surface area contributed by atoms with Gasteiger partial charge in [-0.15, -0.1) is 0 Å². The van der Waals surface area contributed by atoms with E-state index in [1.165, 1.54) is 71.1 Å². The van der Waals surface area contributed by atoms with Crippen LogP contribution in [-0.4, -0.2) is 87.9 Å². The highest BCUT2D eigenvalue weighted by Crippen LogP contribution is 2.31. The van der Waals surface area contributed by atoms with E-state index >= 15 is 0 Å². The van der Waals surface area contributed by atoms with Crippen molar-refractivity contribution < 1.29 is 4.74 Å². The van der Waals surface area contributed by atoms with Crippen LogP contribution < -0.4 is 10.6 Å². The molecule has 2 saturated heterocycles. The average Bonchev–Trinajstić information content (AvgIpc) is 3.53. The molecule has 0 unspecified atom stereocenters. The molecule has 1 saturated carbocycles. The highest BCUT2D eigenvalue weighted by atomic mass is 16.5. The molecule has 0 spiro atoms. The average molecular weight is 380 g/mol. The van der Waals surface area contributed by atoms with E-state index in [1.807, 2.05) is 7.05 Å². The monoisotopic (exact) mass is 379 g/mol. The number of nitrogens with one attached hydrogen (secondary N) is 2. The number of guanidine groups is 1. The molecule has 2 N–H and O–H groups in total. The highest BCUT2D eigenvalue weighted by molar-refractivity contribution is 5.79. The van der Waals surface area contributed by atoms with Crippen LogP contribution in [0.5, 0.6) is 0 Å². The number of hydrogen-bond donors (Lipinski definition) is 2. The molecule has 0 radical (unpaired) electrons. The van der Waals surface area contributed by atoms with Crippen molar-refractivity contribution in [2.75, 3.05) is 66.6 Å². The molecular weight excluding hydrogens is 338 g/mol. The van der Waals surface area contributed by atoms with Crippen molar-refractivity contribution in [1.82, 2.24) is 20.4 Å². The zero-order valence-electron chi connectivity index (χ0n) is 17.6. The zero-order valence-corrected chi connectivity index (χ0v) is 17.6. The number of rotatable bonds is 9. The van der Waals surface area contributed by atoms with Crippen LogP contribution in [0.3, 0.4) is 0 Å². The molecule has 2 aliphatic heterocycles. The van der Waals surface area contributed by atoms with Gasteiger partial charge in [0.15, 0.2) is 5.96 Å². The summed E-state index contributed by atoms with van der Waals surface area (Å²) in [4.78, 5) is 9.69. The van der Waals surface area contributed by atoms with Gasteiger partial charge in [-0.05, 0) is 84.1 Å². The van der Waals surface area contributed by atoms with Gasteiger partial charge in [-0.1, -0.05) is 6.42 Å². The molecule has 3 aliphatic rings. The lowest BCUT2D eigenvalue weighted by Gasteiger charge is -2.50. The Hall–Kier alpha value is -0.850. The van der Waals surface area contributed by atoms with Crippen LogP contribution >= 0.6 is 0 Å². The fraction of sp³-hybridized carbons (Fsp3) is 0.952. The summed E-state index contributed by atoms with van der Waals surface area (Å²) in [7, 11) is 4.13. The number of ether oxygens (including phenoxy) is 1. The molecule has 0 bridgehead atoms. The smallest absolute Gasteiger partial charge is 0.191 e. The van der Waals surface area contributed by atoms with Crippen LogP contribution in [0.1, 0.15) is 51.4 Å². The van der Waals surface area contributed by atoms with Gasteiger partial charge in [0, 0.05) is 38.9 Å². The minimum Gasteiger partial charge on any atom is -0.381 e. The van der Waals surface area contributed by atoms with Gasteiger partial charge in [-0.25, -0.2) is 0 Å². The first-order valence-corrected chi connectivity index (χ1v) is 11.2. The summed E-state index contributed by atoms with van der Waals surface area (Å²) in [5.41, 5.74) is 0.290. The first-order chi connectivity index (χ1) is 13.2. The Kier molecular flexibility index (Phi) is 8.22. The van der Waals surface area contributed by atoms with Crippen molar-refractivity contribution in [2.45, 2.75) is 56.9 Å². The van der Waals surface area contributed by atoms with Crippen LogP contribution in [0.15, 0.2) is 4.99 Å². The van der Waals surface area contributed by atoms with Gasteiger partial charge < -0.3 is 20.3 Å². The van der Waals surface area contributed by atoms with Gasteiger partial charge in [-0.2, -0.15) is 0 Å². The summed E-state index contributed by atoms with van der Waals surface area (Å²) in [6.07, 6.45) is 10.4.